The summed E-state index contributed by atoms with van der Waals surface area (Å²) in [6, 6.07) is 95.6. The van der Waals surface area contributed by atoms with E-state index in [0.717, 1.165) is 156 Å². The number of benzene rings is 14. The van der Waals surface area contributed by atoms with Gasteiger partial charge in [-0.2, -0.15) is 13.7 Å². The van der Waals surface area contributed by atoms with E-state index in [0.29, 0.717) is 33.4 Å². The van der Waals surface area contributed by atoms with Crippen LogP contribution < -0.4 is 13.7 Å². The molecule has 0 N–H and O–H groups in total. The average molecular weight is 1430 g/mol. The first-order valence-electron chi connectivity index (χ1n) is 36.5. The summed E-state index contributed by atoms with van der Waals surface area (Å²) in [7, 11) is 6.29. The van der Waals surface area contributed by atoms with E-state index in [1.807, 2.05) is 43.3 Å². The van der Waals surface area contributed by atoms with Gasteiger partial charge in [-0.15, -0.1) is 0 Å². The van der Waals surface area contributed by atoms with Gasteiger partial charge < -0.3 is 13.3 Å². The zero-order chi connectivity index (χ0) is 74.6. The number of hydrogen-bond donors (Lipinski definition) is 0. The standard InChI is InChI=1S/C39H27F2N2O.C30H26FN2O.C27H20FN2O/c1-24-20-31-35(44-36-22-27(40)21-32(41)37(31)36)23-30(24)39-42(2)33-18-9-10-19-34(33)43(39)38-28(25-12-5-3-6-13-25)16-11-17-29(38)26-14-7-4-8-15-26;1-18(2)21-9-5-6-10-25(21)33-27-12-8-7-11-26(27)32(4)30(33)23-17-24-22-14-13-20(31)16-29(22)34-28(24)15-19(23)3;1-17-14-25-22(20-13-12-18(28)15-26(20)31-25)16-21(17)27-29(2)23-10-6-7-11-24(23)30(27)19-8-4-3-5-9-19/h3-23H,1-2H3;5-18H,1-4H3;3-16H,1-2H3/q3*+1. The maximum absolute atomic E-state index is 15.0. The Morgan fingerprint density at radius 3 is 1.25 bits per heavy atom. The fourth-order valence-corrected chi connectivity index (χ4v) is 16.3. The third-order valence-electron chi connectivity index (χ3n) is 21.4. The Bertz CT molecular complexity index is 6960. The summed E-state index contributed by atoms with van der Waals surface area (Å²) in [5.74, 6) is 1.64. The molecule has 0 atom stereocenters. The molecule has 0 spiro atoms. The second kappa shape index (κ2) is 26.9. The predicted octanol–water partition coefficient (Wildman–Crippen LogP) is 24.0. The van der Waals surface area contributed by atoms with Gasteiger partial charge in [0.2, 0.25) is 0 Å². The Morgan fingerprint density at radius 2 is 0.716 bits per heavy atom. The van der Waals surface area contributed by atoms with Gasteiger partial charge in [-0.1, -0.05) is 166 Å². The van der Waals surface area contributed by atoms with E-state index >= 15 is 0 Å². The summed E-state index contributed by atoms with van der Waals surface area (Å²) in [4.78, 5) is 0. The summed E-state index contributed by atoms with van der Waals surface area (Å²) in [6.45, 7) is 10.7. The molecule has 20 aromatic rings. The number of aryl methyl sites for hydroxylation is 6. The zero-order valence-electron chi connectivity index (χ0n) is 61.2. The molecular weight excluding hydrogens is 1360 g/mol. The van der Waals surface area contributed by atoms with Crippen molar-refractivity contribution in [2.24, 2.45) is 21.1 Å². The SMILES string of the molecule is Cc1cc2c(cc1-c1n(-c3c(-c4ccccc4)cccc3-c3ccccc3)c3ccccc3[n+]1C)oc1cc(F)cc(F)c12.Cc1cc2oc3cc(F)ccc3c2cc1-c1n(-c2ccccc2)c2ccccc2[n+]1C.Cc1cc2oc3cc(F)ccc3c2cc1-c1n(-c2ccccc2C(C)C)c2ccccc2[n+]1C. The molecule has 0 aliphatic carbocycles. The third-order valence-corrected chi connectivity index (χ3v) is 21.4. The maximum atomic E-state index is 15.0. The highest BCUT2D eigenvalue weighted by Gasteiger charge is 2.34. The molecular formula is C96H73F4N6O3+3. The van der Waals surface area contributed by atoms with Crippen molar-refractivity contribution < 1.29 is 44.5 Å². The Morgan fingerprint density at radius 1 is 0.312 bits per heavy atom. The second-order valence-corrected chi connectivity index (χ2v) is 28.4. The molecule has 6 heterocycles. The van der Waals surface area contributed by atoms with Crippen LogP contribution in [0.1, 0.15) is 42.0 Å². The molecule has 13 heteroatoms. The van der Waals surface area contributed by atoms with Gasteiger partial charge in [0.25, 0.3) is 17.5 Å². The highest BCUT2D eigenvalue weighted by Crippen LogP contribution is 2.45. The van der Waals surface area contributed by atoms with Crippen molar-refractivity contribution in [2.75, 3.05) is 0 Å². The molecule has 109 heavy (non-hydrogen) atoms. The number of nitrogens with zero attached hydrogens (tertiary/aromatic N) is 6. The van der Waals surface area contributed by atoms with E-state index in [2.05, 4.69) is 282 Å². The summed E-state index contributed by atoms with van der Waals surface area (Å²) in [6.07, 6.45) is 0. The van der Waals surface area contributed by atoms with Crippen molar-refractivity contribution in [3.05, 3.63) is 337 Å². The van der Waals surface area contributed by atoms with Gasteiger partial charge in [-0.25, -0.2) is 31.3 Å². The Hall–Kier alpha value is -13.4. The van der Waals surface area contributed by atoms with E-state index < -0.39 is 11.6 Å². The Balaban J connectivity index is 0.000000117. The van der Waals surface area contributed by atoms with Gasteiger partial charge in [0, 0.05) is 67.9 Å². The Labute approximate surface area is 625 Å². The van der Waals surface area contributed by atoms with Crippen LogP contribution in [0.5, 0.6) is 0 Å². The molecule has 0 unspecified atom stereocenters. The largest absolute Gasteiger partial charge is 0.456 e. The van der Waals surface area contributed by atoms with E-state index in [-0.39, 0.29) is 17.2 Å². The average Bonchev–Trinajstić information content (AvgIpc) is 1.59. The molecule has 0 bridgehead atoms. The van der Waals surface area contributed by atoms with E-state index in [4.69, 9.17) is 13.3 Å². The summed E-state index contributed by atoms with van der Waals surface area (Å²) in [5.41, 5.74) is 25.4. The number of halogens is 4. The molecule has 20 rings (SSSR count). The second-order valence-electron chi connectivity index (χ2n) is 28.4. The van der Waals surface area contributed by atoms with E-state index in [9.17, 15) is 17.6 Å². The summed E-state index contributed by atoms with van der Waals surface area (Å²) in [5, 5.41) is 4.73. The highest BCUT2D eigenvalue weighted by molar-refractivity contribution is 6.09. The van der Waals surface area contributed by atoms with Crippen molar-refractivity contribution in [2.45, 2.75) is 40.5 Å². The number of furan rings is 3. The predicted molar refractivity (Wildman–Crippen MR) is 430 cm³/mol. The molecule has 0 aliphatic heterocycles. The van der Waals surface area contributed by atoms with Crippen LogP contribution in [0.2, 0.25) is 0 Å². The molecule has 9 nitrogen and oxygen atoms in total. The van der Waals surface area contributed by atoms with Crippen molar-refractivity contribution in [3.63, 3.8) is 0 Å². The number of fused-ring (bicyclic) bond motifs is 12. The normalized spacial score (nSPS) is 11.8. The number of hydrogen-bond acceptors (Lipinski definition) is 3. The maximum Gasteiger partial charge on any atom is 0.295 e. The molecule has 0 saturated heterocycles. The highest BCUT2D eigenvalue weighted by atomic mass is 19.1. The van der Waals surface area contributed by atoms with Gasteiger partial charge in [0.1, 0.15) is 73.8 Å². The zero-order valence-corrected chi connectivity index (χ0v) is 61.2. The van der Waals surface area contributed by atoms with Gasteiger partial charge in [0.05, 0.1) is 43.2 Å². The van der Waals surface area contributed by atoms with Crippen LogP contribution in [0.15, 0.2) is 304 Å². The molecule has 0 radical (unpaired) electrons. The smallest absolute Gasteiger partial charge is 0.295 e. The number of rotatable bonds is 9. The van der Waals surface area contributed by atoms with Crippen LogP contribution in [0.25, 0.3) is 172 Å². The third kappa shape index (κ3) is 11.4. The van der Waals surface area contributed by atoms with Crippen LogP contribution in [-0.4, -0.2) is 13.7 Å². The minimum absolute atomic E-state index is 0.194. The summed E-state index contributed by atoms with van der Waals surface area (Å²) >= 11 is 0. The van der Waals surface area contributed by atoms with Crippen molar-refractivity contribution in [3.8, 4) is 73.5 Å². The number of para-hydroxylation sites is 9. The lowest BCUT2D eigenvalue weighted by atomic mass is 9.95. The molecule has 0 amide bonds. The lowest BCUT2D eigenvalue weighted by molar-refractivity contribution is -0.634. The molecule has 6 aromatic heterocycles. The fraction of sp³-hybridized carbons (Fsp3) is 0.0938. The molecule has 14 aromatic carbocycles. The topological polar surface area (TPSA) is 65.9 Å². The first-order chi connectivity index (χ1) is 53.0. The van der Waals surface area contributed by atoms with Crippen LogP contribution in [-0.2, 0) is 21.1 Å². The van der Waals surface area contributed by atoms with Crippen molar-refractivity contribution in [1.29, 1.82) is 0 Å². The molecule has 530 valence electrons. The van der Waals surface area contributed by atoms with Crippen LogP contribution in [0.4, 0.5) is 17.6 Å². The monoisotopic (exact) mass is 1430 g/mol. The first-order valence-corrected chi connectivity index (χ1v) is 36.5. The van der Waals surface area contributed by atoms with E-state index in [1.165, 1.54) is 41.6 Å². The van der Waals surface area contributed by atoms with Gasteiger partial charge in [0.15, 0.2) is 33.1 Å². The summed E-state index contributed by atoms with van der Waals surface area (Å²) < 4.78 is 88.4. The lowest BCUT2D eigenvalue weighted by Gasteiger charge is -2.15. The molecule has 0 saturated carbocycles. The molecule has 0 fully saturated rings. The van der Waals surface area contributed by atoms with Crippen molar-refractivity contribution in [1.82, 2.24) is 13.7 Å². The van der Waals surface area contributed by atoms with Gasteiger partial charge in [-0.05, 0) is 170 Å². The van der Waals surface area contributed by atoms with Gasteiger partial charge in [-0.3, -0.25) is 0 Å². The quantitative estimate of drug-likeness (QED) is 0.107. The first kappa shape index (κ1) is 67.5. The van der Waals surface area contributed by atoms with Crippen LogP contribution in [0, 0.1) is 44.0 Å². The number of aromatic nitrogens is 6. The minimum atomic E-state index is -0.663. The van der Waals surface area contributed by atoms with Gasteiger partial charge >= 0.3 is 0 Å². The lowest BCUT2D eigenvalue weighted by Crippen LogP contribution is -2.30. The fourth-order valence-electron chi connectivity index (χ4n) is 16.3. The Kier molecular flexibility index (Phi) is 16.6. The van der Waals surface area contributed by atoms with E-state index in [1.54, 1.807) is 12.1 Å². The van der Waals surface area contributed by atoms with Crippen LogP contribution in [0.3, 0.4) is 0 Å². The number of imidazole rings is 3. The van der Waals surface area contributed by atoms with Crippen LogP contribution >= 0.6 is 0 Å². The molecule has 0 aliphatic rings. The minimum Gasteiger partial charge on any atom is -0.456 e. The van der Waals surface area contributed by atoms with Crippen molar-refractivity contribution >= 4 is 98.9 Å².